The number of urea groups is 1. The zero-order valence-corrected chi connectivity index (χ0v) is 14.3. The average molecular weight is 354 g/mol. The van der Waals surface area contributed by atoms with Crippen LogP contribution >= 0.6 is 11.6 Å². The van der Waals surface area contributed by atoms with Crippen molar-refractivity contribution in [2.45, 2.75) is 26.3 Å². The molecule has 0 saturated carbocycles. The van der Waals surface area contributed by atoms with Gasteiger partial charge in [0.25, 0.3) is 5.91 Å². The van der Waals surface area contributed by atoms with Crippen molar-refractivity contribution in [3.63, 3.8) is 0 Å². The summed E-state index contributed by atoms with van der Waals surface area (Å²) < 4.78 is 0. The molecule has 0 aliphatic carbocycles. The van der Waals surface area contributed by atoms with Crippen molar-refractivity contribution in [3.8, 4) is 0 Å². The minimum Gasteiger partial charge on any atom is -0.480 e. The first kappa shape index (κ1) is 18.1. The first-order chi connectivity index (χ1) is 11.3. The van der Waals surface area contributed by atoms with Crippen LogP contribution in [0.15, 0.2) is 18.2 Å². The molecule has 1 heterocycles. The van der Waals surface area contributed by atoms with Gasteiger partial charge in [-0.1, -0.05) is 25.4 Å². The van der Waals surface area contributed by atoms with Crippen LogP contribution in [0.3, 0.4) is 0 Å². The van der Waals surface area contributed by atoms with Gasteiger partial charge in [0.05, 0.1) is 10.7 Å². The third-order valence-corrected chi connectivity index (χ3v) is 3.99. The Morgan fingerprint density at radius 2 is 2.12 bits per heavy atom. The van der Waals surface area contributed by atoms with Gasteiger partial charge in [-0.3, -0.25) is 9.69 Å². The summed E-state index contributed by atoms with van der Waals surface area (Å²) in [7, 11) is 0. The summed E-state index contributed by atoms with van der Waals surface area (Å²) in [5, 5.41) is 14.7. The third kappa shape index (κ3) is 4.17. The zero-order valence-electron chi connectivity index (χ0n) is 13.5. The van der Waals surface area contributed by atoms with E-state index in [1.54, 1.807) is 0 Å². The number of amides is 3. The van der Waals surface area contributed by atoms with Crippen LogP contribution in [0.5, 0.6) is 0 Å². The lowest BCUT2D eigenvalue weighted by Crippen LogP contribution is -2.41. The summed E-state index contributed by atoms with van der Waals surface area (Å²) in [6, 6.07) is 3.28. The van der Waals surface area contributed by atoms with Crippen LogP contribution in [0, 0.1) is 5.92 Å². The molecule has 1 atom stereocenters. The number of carbonyl (C=O) groups is 3. The van der Waals surface area contributed by atoms with Crippen LogP contribution in [-0.2, 0) is 4.79 Å². The molecular formula is C16H20ClN3O4. The summed E-state index contributed by atoms with van der Waals surface area (Å²) in [6.07, 6.45) is 0.329. The van der Waals surface area contributed by atoms with Gasteiger partial charge < -0.3 is 15.7 Å². The van der Waals surface area contributed by atoms with E-state index >= 15 is 0 Å². The number of hydrogen-bond donors (Lipinski definition) is 3. The number of halogens is 1. The molecule has 7 nitrogen and oxygen atoms in total. The third-order valence-electron chi connectivity index (χ3n) is 3.67. The normalized spacial score (nSPS) is 15.3. The second-order valence-corrected chi connectivity index (χ2v) is 6.45. The average Bonchev–Trinajstić information content (AvgIpc) is 2.92. The molecule has 1 fully saturated rings. The van der Waals surface area contributed by atoms with E-state index in [-0.39, 0.29) is 17.5 Å². The van der Waals surface area contributed by atoms with E-state index in [0.717, 1.165) is 0 Å². The first-order valence-electron chi connectivity index (χ1n) is 7.68. The molecule has 0 bridgehead atoms. The van der Waals surface area contributed by atoms with Crippen LogP contribution in [-0.4, -0.2) is 42.1 Å². The number of carboxylic acids is 1. The van der Waals surface area contributed by atoms with Gasteiger partial charge in [-0.05, 0) is 30.5 Å². The molecular weight excluding hydrogens is 334 g/mol. The van der Waals surface area contributed by atoms with E-state index in [9.17, 15) is 19.5 Å². The van der Waals surface area contributed by atoms with Crippen molar-refractivity contribution >= 4 is 35.2 Å². The highest BCUT2D eigenvalue weighted by Crippen LogP contribution is 2.28. The SMILES string of the molecule is CC(C)C[C@@H](NC(=O)c1ccc(Cl)c(N2CCNC2=O)c1)C(=O)O. The summed E-state index contributed by atoms with van der Waals surface area (Å²) in [5.41, 5.74) is 0.680. The number of benzene rings is 1. The quantitative estimate of drug-likeness (QED) is 0.729. The largest absolute Gasteiger partial charge is 0.480 e. The topological polar surface area (TPSA) is 98.7 Å². The monoisotopic (exact) mass is 353 g/mol. The highest BCUT2D eigenvalue weighted by atomic mass is 35.5. The first-order valence-corrected chi connectivity index (χ1v) is 8.06. The van der Waals surface area contributed by atoms with Gasteiger partial charge in [-0.15, -0.1) is 0 Å². The number of aliphatic carboxylic acids is 1. The van der Waals surface area contributed by atoms with Crippen molar-refractivity contribution in [1.29, 1.82) is 0 Å². The summed E-state index contributed by atoms with van der Waals surface area (Å²) in [5.74, 6) is -1.47. The lowest BCUT2D eigenvalue weighted by molar-refractivity contribution is -0.139. The van der Waals surface area contributed by atoms with Crippen molar-refractivity contribution in [3.05, 3.63) is 28.8 Å². The van der Waals surface area contributed by atoms with E-state index in [4.69, 9.17) is 11.6 Å². The van der Waals surface area contributed by atoms with Crippen molar-refractivity contribution in [2.24, 2.45) is 5.92 Å². The fraction of sp³-hybridized carbons (Fsp3) is 0.438. The predicted molar refractivity (Wildman–Crippen MR) is 90.5 cm³/mol. The molecule has 0 spiro atoms. The minimum absolute atomic E-state index is 0.125. The molecule has 1 aliphatic rings. The molecule has 24 heavy (non-hydrogen) atoms. The van der Waals surface area contributed by atoms with E-state index in [0.29, 0.717) is 30.2 Å². The van der Waals surface area contributed by atoms with Crippen molar-refractivity contribution in [2.75, 3.05) is 18.0 Å². The number of anilines is 1. The smallest absolute Gasteiger partial charge is 0.326 e. The number of carbonyl (C=O) groups excluding carboxylic acids is 2. The number of nitrogens with one attached hydrogen (secondary N) is 2. The molecule has 1 aliphatic heterocycles. The molecule has 1 aromatic carbocycles. The van der Waals surface area contributed by atoms with Gasteiger partial charge in [0.2, 0.25) is 0 Å². The number of rotatable bonds is 6. The van der Waals surface area contributed by atoms with Gasteiger partial charge in [-0.25, -0.2) is 9.59 Å². The summed E-state index contributed by atoms with van der Waals surface area (Å²) in [6.45, 7) is 4.72. The lowest BCUT2D eigenvalue weighted by Gasteiger charge is -2.19. The Labute approximate surface area is 145 Å². The Balaban J connectivity index is 2.20. The number of nitrogens with zero attached hydrogens (tertiary/aromatic N) is 1. The second-order valence-electron chi connectivity index (χ2n) is 6.04. The van der Waals surface area contributed by atoms with E-state index in [2.05, 4.69) is 10.6 Å². The Morgan fingerprint density at radius 1 is 1.42 bits per heavy atom. The van der Waals surface area contributed by atoms with Gasteiger partial charge in [0, 0.05) is 18.7 Å². The fourth-order valence-electron chi connectivity index (χ4n) is 2.50. The van der Waals surface area contributed by atoms with Crippen LogP contribution in [0.2, 0.25) is 5.02 Å². The van der Waals surface area contributed by atoms with Gasteiger partial charge in [0.1, 0.15) is 6.04 Å². The molecule has 2 rings (SSSR count). The fourth-order valence-corrected chi connectivity index (χ4v) is 2.72. The molecule has 8 heteroatoms. The Kier molecular flexibility index (Phi) is 5.66. The van der Waals surface area contributed by atoms with E-state index in [1.165, 1.54) is 23.1 Å². The number of hydrogen-bond acceptors (Lipinski definition) is 3. The Morgan fingerprint density at radius 3 is 2.67 bits per heavy atom. The minimum atomic E-state index is -1.08. The number of carboxylic acid groups (broad SMARTS) is 1. The van der Waals surface area contributed by atoms with Crippen LogP contribution in [0.1, 0.15) is 30.6 Å². The maximum Gasteiger partial charge on any atom is 0.326 e. The molecule has 1 aromatic rings. The summed E-state index contributed by atoms with van der Waals surface area (Å²) in [4.78, 5) is 36.9. The zero-order chi connectivity index (χ0) is 17.9. The highest BCUT2D eigenvalue weighted by molar-refractivity contribution is 6.34. The molecule has 3 N–H and O–H groups in total. The maximum absolute atomic E-state index is 12.4. The van der Waals surface area contributed by atoms with Crippen LogP contribution in [0.4, 0.5) is 10.5 Å². The van der Waals surface area contributed by atoms with Crippen LogP contribution in [0.25, 0.3) is 0 Å². The molecule has 0 aromatic heterocycles. The molecule has 130 valence electrons. The second kappa shape index (κ2) is 7.53. The van der Waals surface area contributed by atoms with Gasteiger partial charge in [0.15, 0.2) is 0 Å². The van der Waals surface area contributed by atoms with Crippen molar-refractivity contribution in [1.82, 2.24) is 10.6 Å². The van der Waals surface area contributed by atoms with E-state index in [1.807, 2.05) is 13.8 Å². The molecule has 3 amide bonds. The maximum atomic E-state index is 12.4. The van der Waals surface area contributed by atoms with Gasteiger partial charge in [-0.2, -0.15) is 0 Å². The standard InChI is InChI=1S/C16H20ClN3O4/c1-9(2)7-12(15(22)23)19-14(21)10-3-4-11(17)13(8-10)20-6-5-18-16(20)24/h3-4,8-9,12H,5-7H2,1-2H3,(H,18,24)(H,19,21)(H,22,23)/t12-/m1/s1. The van der Waals surface area contributed by atoms with E-state index < -0.39 is 17.9 Å². The van der Waals surface area contributed by atoms with Gasteiger partial charge >= 0.3 is 12.0 Å². The Bertz CT molecular complexity index is 663. The van der Waals surface area contributed by atoms with Crippen molar-refractivity contribution < 1.29 is 19.5 Å². The lowest BCUT2D eigenvalue weighted by atomic mass is 10.0. The predicted octanol–water partition coefficient (Wildman–Crippen LogP) is 2.10. The molecule has 0 radical (unpaired) electrons. The molecule has 0 unspecified atom stereocenters. The van der Waals surface area contributed by atoms with Crippen LogP contribution < -0.4 is 15.5 Å². The highest BCUT2D eigenvalue weighted by Gasteiger charge is 2.26. The Hall–Kier alpha value is -2.28. The molecule has 1 saturated heterocycles. The summed E-state index contributed by atoms with van der Waals surface area (Å²) >= 11 is 6.12.